The number of halogens is 5. The molecule has 2 aromatic carbocycles. The summed E-state index contributed by atoms with van der Waals surface area (Å²) in [6.07, 6.45) is -1.50. The topological polar surface area (TPSA) is 57.8 Å². The Labute approximate surface area is 155 Å². The molecule has 0 saturated heterocycles. The highest BCUT2D eigenvalue weighted by atomic mass is 19.4. The third-order valence-corrected chi connectivity index (χ3v) is 4.80. The second kappa shape index (κ2) is 6.57. The fraction of sp³-hybridized carbons (Fsp3) is 0.263. The molecule has 0 atom stereocenters. The molecule has 4 nitrogen and oxygen atoms in total. The molecule has 1 saturated carbocycles. The molecule has 0 radical (unpaired) electrons. The number of rotatable bonds is 4. The highest BCUT2D eigenvalue weighted by Gasteiger charge is 2.38. The van der Waals surface area contributed by atoms with Crippen LogP contribution in [0.1, 0.15) is 45.8 Å². The van der Waals surface area contributed by atoms with Gasteiger partial charge in [-0.1, -0.05) is 6.07 Å². The van der Waals surface area contributed by atoms with Gasteiger partial charge in [-0.3, -0.25) is 9.89 Å². The Kier molecular flexibility index (Phi) is 4.32. The van der Waals surface area contributed by atoms with Gasteiger partial charge in [-0.25, -0.2) is 8.78 Å². The van der Waals surface area contributed by atoms with Gasteiger partial charge in [0.2, 0.25) is 0 Å². The largest absolute Gasteiger partial charge is 0.422 e. The van der Waals surface area contributed by atoms with Crippen molar-refractivity contribution in [1.29, 1.82) is 0 Å². The van der Waals surface area contributed by atoms with Gasteiger partial charge in [-0.15, -0.1) is 0 Å². The van der Waals surface area contributed by atoms with Crippen molar-refractivity contribution in [2.75, 3.05) is 0 Å². The van der Waals surface area contributed by atoms with Crippen LogP contribution in [0.15, 0.2) is 30.5 Å². The molecule has 0 spiro atoms. The molecule has 0 unspecified atom stereocenters. The van der Waals surface area contributed by atoms with Crippen molar-refractivity contribution in [3.05, 3.63) is 64.4 Å². The molecular weight excluding hydrogens is 381 g/mol. The zero-order valence-corrected chi connectivity index (χ0v) is 14.3. The standard InChI is InChI=1S/C19H14F5N3O/c20-14-5-10(6-15(21)17(14)19(22,23)24)18(28)25-7-12-11(9-1-2-9)3-4-16-13(12)8-26-27-16/h3-6,8-9H,1-2,7H2,(H,25,28)(H,26,27). The van der Waals surface area contributed by atoms with Crippen LogP contribution in [0.5, 0.6) is 0 Å². The maximum atomic E-state index is 13.7. The molecule has 1 aliphatic carbocycles. The molecule has 28 heavy (non-hydrogen) atoms. The van der Waals surface area contributed by atoms with Gasteiger partial charge in [-0.2, -0.15) is 18.3 Å². The highest BCUT2D eigenvalue weighted by molar-refractivity contribution is 5.94. The Bertz CT molecular complexity index is 1050. The fourth-order valence-electron chi connectivity index (χ4n) is 3.31. The third kappa shape index (κ3) is 3.32. The van der Waals surface area contributed by atoms with Crippen LogP contribution in [0.4, 0.5) is 22.0 Å². The number of hydrogen-bond donors (Lipinski definition) is 2. The summed E-state index contributed by atoms with van der Waals surface area (Å²) < 4.78 is 65.4. The lowest BCUT2D eigenvalue weighted by molar-refractivity contribution is -0.142. The zero-order valence-electron chi connectivity index (χ0n) is 14.3. The molecular formula is C19H14F5N3O. The molecule has 9 heteroatoms. The molecule has 0 aliphatic heterocycles. The van der Waals surface area contributed by atoms with Gasteiger partial charge in [0.25, 0.3) is 5.91 Å². The van der Waals surface area contributed by atoms with E-state index in [9.17, 15) is 26.7 Å². The summed E-state index contributed by atoms with van der Waals surface area (Å²) in [4.78, 5) is 12.3. The van der Waals surface area contributed by atoms with E-state index < -0.39 is 34.8 Å². The van der Waals surface area contributed by atoms with Crippen LogP contribution < -0.4 is 5.32 Å². The smallest absolute Gasteiger partial charge is 0.348 e. The van der Waals surface area contributed by atoms with Gasteiger partial charge in [0.15, 0.2) is 0 Å². The van der Waals surface area contributed by atoms with E-state index >= 15 is 0 Å². The monoisotopic (exact) mass is 395 g/mol. The SMILES string of the molecule is O=C(NCc1c(C2CC2)ccc2[nH]ncc12)c1cc(F)c(C(F)(F)F)c(F)c1. The van der Waals surface area contributed by atoms with Crippen molar-refractivity contribution in [1.82, 2.24) is 15.5 Å². The van der Waals surface area contributed by atoms with Crippen LogP contribution in [-0.4, -0.2) is 16.1 Å². The summed E-state index contributed by atoms with van der Waals surface area (Å²) in [5, 5.41) is 10.2. The number of carbonyl (C=O) groups excluding carboxylic acids is 1. The molecule has 2 N–H and O–H groups in total. The van der Waals surface area contributed by atoms with Crippen LogP contribution in [0.2, 0.25) is 0 Å². The first-order valence-electron chi connectivity index (χ1n) is 8.55. The molecule has 4 rings (SSSR count). The second-order valence-electron chi connectivity index (χ2n) is 6.73. The molecule has 0 bridgehead atoms. The minimum Gasteiger partial charge on any atom is -0.348 e. The maximum absolute atomic E-state index is 13.7. The molecule has 1 amide bonds. The molecule has 1 aliphatic rings. The summed E-state index contributed by atoms with van der Waals surface area (Å²) in [5.41, 5.74) is 0.132. The second-order valence-corrected chi connectivity index (χ2v) is 6.73. The number of nitrogens with one attached hydrogen (secondary N) is 2. The lowest BCUT2D eigenvalue weighted by atomic mass is 9.99. The highest BCUT2D eigenvalue weighted by Crippen LogP contribution is 2.43. The Hall–Kier alpha value is -2.97. The normalized spacial score (nSPS) is 14.5. The predicted molar refractivity (Wildman–Crippen MR) is 90.6 cm³/mol. The summed E-state index contributed by atoms with van der Waals surface area (Å²) in [7, 11) is 0. The lowest BCUT2D eigenvalue weighted by Crippen LogP contribution is -2.24. The Morgan fingerprint density at radius 3 is 2.46 bits per heavy atom. The first-order chi connectivity index (χ1) is 13.3. The van der Waals surface area contributed by atoms with Gasteiger partial charge in [0.1, 0.15) is 17.2 Å². The number of amides is 1. The van der Waals surface area contributed by atoms with Crippen molar-refractivity contribution in [3.8, 4) is 0 Å². The predicted octanol–water partition coefficient (Wildman–Crippen LogP) is 4.67. The van der Waals surface area contributed by atoms with Crippen LogP contribution in [0, 0.1) is 11.6 Å². The number of carbonyl (C=O) groups is 1. The van der Waals surface area contributed by atoms with Crippen molar-refractivity contribution < 1.29 is 26.7 Å². The first-order valence-corrected chi connectivity index (χ1v) is 8.55. The van der Waals surface area contributed by atoms with Crippen LogP contribution in [0.25, 0.3) is 10.9 Å². The molecule has 1 aromatic heterocycles. The summed E-state index contributed by atoms with van der Waals surface area (Å²) in [6, 6.07) is 4.61. The first kappa shape index (κ1) is 18.4. The van der Waals surface area contributed by atoms with E-state index in [4.69, 9.17) is 0 Å². The van der Waals surface area contributed by atoms with Gasteiger partial charge in [-0.05, 0) is 48.1 Å². The van der Waals surface area contributed by atoms with Crippen molar-refractivity contribution in [2.45, 2.75) is 31.5 Å². The molecule has 146 valence electrons. The fourth-order valence-corrected chi connectivity index (χ4v) is 3.31. The van der Waals surface area contributed by atoms with Crippen molar-refractivity contribution in [3.63, 3.8) is 0 Å². The third-order valence-electron chi connectivity index (χ3n) is 4.80. The number of aromatic amines is 1. The number of benzene rings is 2. The summed E-state index contributed by atoms with van der Waals surface area (Å²) in [6.45, 7) is 0.0613. The van der Waals surface area contributed by atoms with E-state index in [0.29, 0.717) is 18.1 Å². The van der Waals surface area contributed by atoms with E-state index in [-0.39, 0.29) is 6.54 Å². The van der Waals surface area contributed by atoms with Gasteiger partial charge in [0, 0.05) is 17.5 Å². The van der Waals surface area contributed by atoms with Crippen LogP contribution in [-0.2, 0) is 12.7 Å². The van der Waals surface area contributed by atoms with Gasteiger partial charge < -0.3 is 5.32 Å². The minimum absolute atomic E-state index is 0.0613. The number of aromatic nitrogens is 2. The Morgan fingerprint density at radius 2 is 1.86 bits per heavy atom. The quantitative estimate of drug-likeness (QED) is 0.631. The average molecular weight is 395 g/mol. The Balaban J connectivity index is 1.60. The van der Waals surface area contributed by atoms with Crippen LogP contribution in [0.3, 0.4) is 0 Å². The van der Waals surface area contributed by atoms with E-state index in [1.807, 2.05) is 12.1 Å². The lowest BCUT2D eigenvalue weighted by Gasteiger charge is -2.13. The van der Waals surface area contributed by atoms with E-state index in [1.54, 1.807) is 6.20 Å². The van der Waals surface area contributed by atoms with E-state index in [1.165, 1.54) is 0 Å². The minimum atomic E-state index is -5.18. The maximum Gasteiger partial charge on any atom is 0.422 e. The van der Waals surface area contributed by atoms with Crippen LogP contribution >= 0.6 is 0 Å². The number of fused-ring (bicyclic) bond motifs is 1. The van der Waals surface area contributed by atoms with Gasteiger partial charge in [0.05, 0.1) is 11.7 Å². The number of hydrogen-bond acceptors (Lipinski definition) is 2. The average Bonchev–Trinajstić information content (AvgIpc) is 3.34. The van der Waals surface area contributed by atoms with E-state index in [0.717, 1.165) is 34.9 Å². The Morgan fingerprint density at radius 1 is 1.18 bits per heavy atom. The summed E-state index contributed by atoms with van der Waals surface area (Å²) in [5.74, 6) is -4.14. The summed E-state index contributed by atoms with van der Waals surface area (Å²) >= 11 is 0. The molecule has 1 heterocycles. The van der Waals surface area contributed by atoms with E-state index in [2.05, 4.69) is 15.5 Å². The van der Waals surface area contributed by atoms with Crippen molar-refractivity contribution in [2.24, 2.45) is 0 Å². The number of nitrogens with zero attached hydrogens (tertiary/aromatic N) is 1. The van der Waals surface area contributed by atoms with Crippen molar-refractivity contribution >= 4 is 16.8 Å². The zero-order chi connectivity index (χ0) is 20.1. The molecule has 3 aromatic rings. The number of alkyl halides is 3. The number of H-pyrrole nitrogens is 1. The molecule has 1 fully saturated rings. The van der Waals surface area contributed by atoms with Gasteiger partial charge >= 0.3 is 6.18 Å².